The predicted molar refractivity (Wildman–Crippen MR) is 102 cm³/mol. The zero-order chi connectivity index (χ0) is 20.4. The molecule has 1 fully saturated rings. The minimum absolute atomic E-state index is 0.0607. The van der Waals surface area contributed by atoms with Crippen LogP contribution >= 0.6 is 0 Å². The maximum absolute atomic E-state index is 12.1. The highest BCUT2D eigenvalue weighted by Gasteiger charge is 2.37. The second kappa shape index (κ2) is 11.1. The van der Waals surface area contributed by atoms with Crippen LogP contribution in [0, 0.1) is 12.9 Å². The fourth-order valence-electron chi connectivity index (χ4n) is 2.76. The van der Waals surface area contributed by atoms with Crippen molar-refractivity contribution < 1.29 is 23.8 Å². The van der Waals surface area contributed by atoms with Gasteiger partial charge in [0.1, 0.15) is 6.61 Å². The molecule has 0 spiro atoms. The SMILES string of the molecule is Cc1ccc(F)nc1.O=C(CCCCO)N1C(=O)OC[C@H]1Cc1ccccc1. The Morgan fingerprint density at radius 2 is 2.00 bits per heavy atom. The van der Waals surface area contributed by atoms with Crippen LogP contribution in [0.2, 0.25) is 0 Å². The number of halogens is 1. The van der Waals surface area contributed by atoms with E-state index >= 15 is 0 Å². The van der Waals surface area contributed by atoms with Gasteiger partial charge in [0.05, 0.1) is 6.04 Å². The summed E-state index contributed by atoms with van der Waals surface area (Å²) in [5, 5.41) is 8.73. The molecule has 2 heterocycles. The second-order valence-electron chi connectivity index (χ2n) is 6.52. The van der Waals surface area contributed by atoms with E-state index < -0.39 is 12.0 Å². The highest BCUT2D eigenvalue weighted by molar-refractivity contribution is 5.93. The molecular formula is C21H25FN2O4. The van der Waals surface area contributed by atoms with Gasteiger partial charge in [-0.3, -0.25) is 4.79 Å². The third kappa shape index (κ3) is 6.74. The summed E-state index contributed by atoms with van der Waals surface area (Å²) in [6.07, 6.45) is 2.96. The van der Waals surface area contributed by atoms with Crippen LogP contribution in [0.4, 0.5) is 9.18 Å². The van der Waals surface area contributed by atoms with Gasteiger partial charge in [0, 0.05) is 19.2 Å². The number of hydrogen-bond acceptors (Lipinski definition) is 5. The lowest BCUT2D eigenvalue weighted by Crippen LogP contribution is -2.40. The first-order valence-electron chi connectivity index (χ1n) is 9.23. The van der Waals surface area contributed by atoms with Crippen molar-refractivity contribution >= 4 is 12.0 Å². The van der Waals surface area contributed by atoms with Crippen LogP contribution in [0.5, 0.6) is 0 Å². The average Bonchev–Trinajstić information content (AvgIpc) is 3.06. The Balaban J connectivity index is 0.000000292. The molecule has 6 nitrogen and oxygen atoms in total. The van der Waals surface area contributed by atoms with Crippen molar-refractivity contribution in [3.8, 4) is 0 Å². The molecule has 1 atom stereocenters. The van der Waals surface area contributed by atoms with E-state index in [2.05, 4.69) is 4.98 Å². The van der Waals surface area contributed by atoms with Gasteiger partial charge in [-0.05, 0) is 43.4 Å². The van der Waals surface area contributed by atoms with Crippen molar-refractivity contribution in [2.24, 2.45) is 0 Å². The largest absolute Gasteiger partial charge is 0.447 e. The van der Waals surface area contributed by atoms with Gasteiger partial charge >= 0.3 is 6.09 Å². The van der Waals surface area contributed by atoms with E-state index in [0.717, 1.165) is 11.1 Å². The lowest BCUT2D eigenvalue weighted by molar-refractivity contribution is -0.129. The number of pyridine rings is 1. The quantitative estimate of drug-likeness (QED) is 0.607. The molecular weight excluding hydrogens is 363 g/mol. The van der Waals surface area contributed by atoms with E-state index in [9.17, 15) is 14.0 Å². The Morgan fingerprint density at radius 1 is 1.25 bits per heavy atom. The van der Waals surface area contributed by atoms with Crippen LogP contribution in [0.3, 0.4) is 0 Å². The number of carbonyl (C=O) groups is 2. The van der Waals surface area contributed by atoms with Gasteiger partial charge in [0.15, 0.2) is 0 Å². The number of ether oxygens (including phenoxy) is 1. The van der Waals surface area contributed by atoms with Gasteiger partial charge < -0.3 is 9.84 Å². The number of aromatic nitrogens is 1. The summed E-state index contributed by atoms with van der Waals surface area (Å²) in [5.41, 5.74) is 2.05. The third-order valence-corrected chi connectivity index (χ3v) is 4.22. The molecule has 0 unspecified atom stereocenters. The zero-order valence-electron chi connectivity index (χ0n) is 15.9. The molecule has 1 N–H and O–H groups in total. The number of nitrogens with zero attached hydrogens (tertiary/aromatic N) is 2. The van der Waals surface area contributed by atoms with Crippen molar-refractivity contribution in [3.05, 3.63) is 65.7 Å². The fraction of sp³-hybridized carbons (Fsp3) is 0.381. The molecule has 7 heteroatoms. The van der Waals surface area contributed by atoms with E-state index in [0.29, 0.717) is 19.3 Å². The molecule has 0 radical (unpaired) electrons. The Labute approximate surface area is 164 Å². The lowest BCUT2D eigenvalue weighted by Gasteiger charge is -2.19. The van der Waals surface area contributed by atoms with Crippen molar-refractivity contribution in [1.29, 1.82) is 0 Å². The minimum Gasteiger partial charge on any atom is -0.447 e. The molecule has 28 heavy (non-hydrogen) atoms. The molecule has 0 saturated carbocycles. The van der Waals surface area contributed by atoms with Gasteiger partial charge in [0.25, 0.3) is 0 Å². The summed E-state index contributed by atoms with van der Waals surface area (Å²) >= 11 is 0. The average molecular weight is 388 g/mol. The number of aryl methyl sites for hydroxylation is 1. The fourth-order valence-corrected chi connectivity index (χ4v) is 2.76. The summed E-state index contributed by atoms with van der Waals surface area (Å²) in [6, 6.07) is 12.5. The smallest absolute Gasteiger partial charge is 0.416 e. The molecule has 3 rings (SSSR count). The van der Waals surface area contributed by atoms with E-state index in [1.807, 2.05) is 37.3 Å². The summed E-state index contributed by atoms with van der Waals surface area (Å²) in [4.78, 5) is 28.4. The standard InChI is InChI=1S/C15H19NO4.C6H6FN/c17-9-5-4-8-14(18)16-13(11-20-15(16)19)10-12-6-2-1-3-7-12;1-5-2-3-6(7)8-4-5/h1-3,6-7,13,17H,4-5,8-11H2;2-4H,1H3/t13-;/m1./s1. The van der Waals surface area contributed by atoms with E-state index in [1.165, 1.54) is 17.2 Å². The molecule has 1 aromatic carbocycles. The predicted octanol–water partition coefficient (Wildman–Crippen LogP) is 3.27. The molecule has 150 valence electrons. The topological polar surface area (TPSA) is 79.7 Å². The Bertz CT molecular complexity index is 732. The first kappa shape index (κ1) is 21.5. The van der Waals surface area contributed by atoms with Crippen molar-refractivity contribution in [2.75, 3.05) is 13.2 Å². The first-order valence-corrected chi connectivity index (χ1v) is 9.23. The van der Waals surface area contributed by atoms with Crippen molar-refractivity contribution in [3.63, 3.8) is 0 Å². The number of carbonyl (C=O) groups excluding carboxylic acids is 2. The van der Waals surface area contributed by atoms with Gasteiger partial charge in [0.2, 0.25) is 11.9 Å². The Morgan fingerprint density at radius 3 is 2.61 bits per heavy atom. The van der Waals surface area contributed by atoms with Crippen LogP contribution in [-0.2, 0) is 16.0 Å². The van der Waals surface area contributed by atoms with Gasteiger partial charge in [-0.25, -0.2) is 14.7 Å². The number of aliphatic hydroxyl groups excluding tert-OH is 1. The summed E-state index contributed by atoms with van der Waals surface area (Å²) < 4.78 is 17.0. The van der Waals surface area contributed by atoms with Crippen LogP contribution in [0.15, 0.2) is 48.7 Å². The van der Waals surface area contributed by atoms with Crippen LogP contribution < -0.4 is 0 Å². The Hall–Kier alpha value is -2.80. The van der Waals surface area contributed by atoms with Crippen LogP contribution in [-0.4, -0.2) is 46.2 Å². The summed E-state index contributed by atoms with van der Waals surface area (Å²) in [6.45, 7) is 2.18. The number of aliphatic hydroxyl groups is 1. The van der Waals surface area contributed by atoms with Crippen molar-refractivity contribution in [2.45, 2.75) is 38.6 Å². The van der Waals surface area contributed by atoms with E-state index in [4.69, 9.17) is 9.84 Å². The highest BCUT2D eigenvalue weighted by atomic mass is 19.1. The summed E-state index contributed by atoms with van der Waals surface area (Å²) in [7, 11) is 0. The number of rotatable bonds is 6. The number of cyclic esters (lactones) is 1. The number of unbranched alkanes of at least 4 members (excludes halogenated alkanes) is 1. The van der Waals surface area contributed by atoms with E-state index in [-0.39, 0.29) is 31.6 Å². The van der Waals surface area contributed by atoms with Crippen molar-refractivity contribution in [1.82, 2.24) is 9.88 Å². The Kier molecular flexibility index (Phi) is 8.55. The molecule has 0 bridgehead atoms. The number of imide groups is 1. The third-order valence-electron chi connectivity index (χ3n) is 4.22. The van der Waals surface area contributed by atoms with E-state index in [1.54, 1.807) is 6.07 Å². The molecule has 1 aliphatic heterocycles. The highest BCUT2D eigenvalue weighted by Crippen LogP contribution is 2.19. The summed E-state index contributed by atoms with van der Waals surface area (Å²) in [5.74, 6) is -0.641. The second-order valence-corrected chi connectivity index (χ2v) is 6.52. The van der Waals surface area contributed by atoms with Crippen LogP contribution in [0.25, 0.3) is 0 Å². The van der Waals surface area contributed by atoms with Gasteiger partial charge in [-0.15, -0.1) is 0 Å². The number of hydrogen-bond donors (Lipinski definition) is 1. The molecule has 0 aliphatic carbocycles. The maximum atomic E-state index is 12.1. The molecule has 2 aromatic rings. The molecule has 2 amide bonds. The lowest BCUT2D eigenvalue weighted by atomic mass is 10.1. The normalized spacial score (nSPS) is 15.6. The molecule has 1 saturated heterocycles. The number of benzene rings is 1. The monoisotopic (exact) mass is 388 g/mol. The zero-order valence-corrected chi connectivity index (χ0v) is 15.9. The van der Waals surface area contributed by atoms with Crippen LogP contribution in [0.1, 0.15) is 30.4 Å². The number of amides is 2. The van der Waals surface area contributed by atoms with Gasteiger partial charge in [-0.2, -0.15) is 4.39 Å². The van der Waals surface area contributed by atoms with Gasteiger partial charge in [-0.1, -0.05) is 36.4 Å². The molecule has 1 aliphatic rings. The first-order chi connectivity index (χ1) is 13.5. The maximum Gasteiger partial charge on any atom is 0.416 e. The minimum atomic E-state index is -0.556. The molecule has 1 aromatic heterocycles.